The smallest absolute Gasteiger partial charge is 0.253 e. The Morgan fingerprint density at radius 1 is 1.06 bits per heavy atom. The average molecular weight is 265 g/mol. The van der Waals surface area contributed by atoms with Gasteiger partial charge in [0, 0.05) is 23.5 Å². The molecule has 0 aliphatic rings. The lowest BCUT2D eigenvalue weighted by atomic mass is 10.1. The third kappa shape index (κ3) is 4.73. The van der Waals surface area contributed by atoms with E-state index < -0.39 is 0 Å². The minimum absolute atomic E-state index is 0.116. The van der Waals surface area contributed by atoms with E-state index in [0.717, 1.165) is 23.5 Å². The molecule has 0 bridgehead atoms. The Morgan fingerprint density at radius 3 is 1.89 bits per heavy atom. The first kappa shape index (κ1) is 15.1. The molecule has 0 fully saturated rings. The van der Waals surface area contributed by atoms with Crippen LogP contribution in [0.2, 0.25) is 0 Å². The van der Waals surface area contributed by atoms with E-state index in [2.05, 4.69) is 40.3 Å². The molecule has 0 aliphatic heterocycles. The number of rotatable bonds is 5. The van der Waals surface area contributed by atoms with E-state index in [1.54, 1.807) is 0 Å². The standard InChI is InChI=1S/C15H23NOS/c1-11(2)9-16(10-12(3)4)15(17)13-5-7-14(18)8-6-13/h5-8,11-12,18H,9-10H2,1-4H3. The van der Waals surface area contributed by atoms with E-state index in [9.17, 15) is 4.79 Å². The summed E-state index contributed by atoms with van der Waals surface area (Å²) in [6, 6.07) is 7.41. The number of carbonyl (C=O) groups excluding carboxylic acids is 1. The number of benzene rings is 1. The summed E-state index contributed by atoms with van der Waals surface area (Å²) < 4.78 is 0. The van der Waals surface area contributed by atoms with E-state index in [0.29, 0.717) is 11.8 Å². The molecule has 2 nitrogen and oxygen atoms in total. The third-order valence-electron chi connectivity index (χ3n) is 2.57. The highest BCUT2D eigenvalue weighted by Crippen LogP contribution is 2.13. The van der Waals surface area contributed by atoms with E-state index in [-0.39, 0.29) is 5.91 Å². The summed E-state index contributed by atoms with van der Waals surface area (Å²) in [7, 11) is 0. The fourth-order valence-electron chi connectivity index (χ4n) is 1.91. The van der Waals surface area contributed by atoms with Gasteiger partial charge in [0.1, 0.15) is 0 Å². The number of nitrogens with zero attached hydrogens (tertiary/aromatic N) is 1. The Labute approximate surface area is 116 Å². The second-order valence-electron chi connectivity index (χ2n) is 5.54. The molecule has 1 aromatic carbocycles. The summed E-state index contributed by atoms with van der Waals surface area (Å²) in [6.45, 7) is 10.2. The van der Waals surface area contributed by atoms with Crippen molar-refractivity contribution >= 4 is 18.5 Å². The first-order valence-corrected chi connectivity index (χ1v) is 6.93. The van der Waals surface area contributed by atoms with Crippen LogP contribution in [0.3, 0.4) is 0 Å². The average Bonchev–Trinajstić information content (AvgIpc) is 2.27. The second-order valence-corrected chi connectivity index (χ2v) is 6.06. The number of hydrogen-bond donors (Lipinski definition) is 1. The van der Waals surface area contributed by atoms with Gasteiger partial charge in [0.05, 0.1) is 0 Å². The van der Waals surface area contributed by atoms with Gasteiger partial charge >= 0.3 is 0 Å². The molecular formula is C15H23NOS. The lowest BCUT2D eigenvalue weighted by Gasteiger charge is -2.26. The molecule has 100 valence electrons. The minimum atomic E-state index is 0.116. The van der Waals surface area contributed by atoms with Crippen molar-refractivity contribution in [1.82, 2.24) is 4.90 Å². The van der Waals surface area contributed by atoms with Crippen LogP contribution in [-0.4, -0.2) is 23.9 Å². The van der Waals surface area contributed by atoms with Crippen molar-refractivity contribution in [3.8, 4) is 0 Å². The van der Waals surface area contributed by atoms with Gasteiger partial charge in [-0.2, -0.15) is 0 Å². The van der Waals surface area contributed by atoms with Crippen LogP contribution in [-0.2, 0) is 0 Å². The first-order valence-electron chi connectivity index (χ1n) is 6.48. The molecule has 0 N–H and O–H groups in total. The largest absolute Gasteiger partial charge is 0.338 e. The molecule has 0 heterocycles. The maximum Gasteiger partial charge on any atom is 0.253 e. The maximum atomic E-state index is 12.4. The van der Waals surface area contributed by atoms with Crippen LogP contribution in [0.4, 0.5) is 0 Å². The highest BCUT2D eigenvalue weighted by Gasteiger charge is 2.17. The van der Waals surface area contributed by atoms with Gasteiger partial charge in [-0.25, -0.2) is 0 Å². The molecule has 1 rings (SSSR count). The molecule has 0 atom stereocenters. The zero-order chi connectivity index (χ0) is 13.7. The molecule has 1 aromatic rings. The summed E-state index contributed by atoms with van der Waals surface area (Å²) in [5, 5.41) is 0. The Hall–Kier alpha value is -0.960. The monoisotopic (exact) mass is 265 g/mol. The third-order valence-corrected chi connectivity index (χ3v) is 2.87. The van der Waals surface area contributed by atoms with Crippen LogP contribution in [0.15, 0.2) is 29.2 Å². The maximum absolute atomic E-state index is 12.4. The van der Waals surface area contributed by atoms with Crippen LogP contribution in [0.5, 0.6) is 0 Å². The Kier molecular flexibility index (Phi) is 5.73. The van der Waals surface area contributed by atoms with E-state index in [1.807, 2.05) is 29.2 Å². The van der Waals surface area contributed by atoms with E-state index in [4.69, 9.17) is 0 Å². The highest BCUT2D eigenvalue weighted by molar-refractivity contribution is 7.80. The van der Waals surface area contributed by atoms with E-state index >= 15 is 0 Å². The summed E-state index contributed by atoms with van der Waals surface area (Å²) >= 11 is 4.24. The molecule has 0 aliphatic carbocycles. The molecule has 3 heteroatoms. The van der Waals surface area contributed by atoms with Crippen molar-refractivity contribution in [2.45, 2.75) is 32.6 Å². The predicted molar refractivity (Wildman–Crippen MR) is 79.3 cm³/mol. The molecule has 0 unspecified atom stereocenters. The van der Waals surface area contributed by atoms with Crippen LogP contribution in [0.1, 0.15) is 38.1 Å². The van der Waals surface area contributed by atoms with Gasteiger partial charge in [0.15, 0.2) is 0 Å². The molecule has 0 saturated carbocycles. The van der Waals surface area contributed by atoms with Crippen LogP contribution < -0.4 is 0 Å². The van der Waals surface area contributed by atoms with Crippen molar-refractivity contribution in [1.29, 1.82) is 0 Å². The van der Waals surface area contributed by atoms with Gasteiger partial charge in [-0.05, 0) is 36.1 Å². The number of hydrogen-bond acceptors (Lipinski definition) is 2. The lowest BCUT2D eigenvalue weighted by molar-refractivity contribution is 0.0715. The van der Waals surface area contributed by atoms with Gasteiger partial charge in [0.2, 0.25) is 0 Å². The summed E-state index contributed by atoms with van der Waals surface area (Å²) in [5.74, 6) is 1.08. The van der Waals surface area contributed by atoms with Crippen molar-refractivity contribution in [3.63, 3.8) is 0 Å². The number of amides is 1. The zero-order valence-corrected chi connectivity index (χ0v) is 12.6. The van der Waals surface area contributed by atoms with Gasteiger partial charge in [-0.3, -0.25) is 4.79 Å². The topological polar surface area (TPSA) is 20.3 Å². The lowest BCUT2D eigenvalue weighted by Crippen LogP contribution is -2.37. The molecule has 0 radical (unpaired) electrons. The Bertz CT molecular complexity index is 374. The summed E-state index contributed by atoms with van der Waals surface area (Å²) in [4.78, 5) is 15.3. The Morgan fingerprint density at radius 2 is 1.50 bits per heavy atom. The first-order chi connectivity index (χ1) is 8.40. The summed E-state index contributed by atoms with van der Waals surface area (Å²) in [5.41, 5.74) is 0.745. The fraction of sp³-hybridized carbons (Fsp3) is 0.533. The highest BCUT2D eigenvalue weighted by atomic mass is 32.1. The number of carbonyl (C=O) groups is 1. The van der Waals surface area contributed by atoms with Gasteiger partial charge < -0.3 is 4.90 Å². The second kappa shape index (κ2) is 6.83. The molecule has 1 amide bonds. The van der Waals surface area contributed by atoms with Crippen LogP contribution in [0.25, 0.3) is 0 Å². The molecule has 0 aromatic heterocycles. The van der Waals surface area contributed by atoms with Crippen molar-refractivity contribution < 1.29 is 4.79 Å². The quantitative estimate of drug-likeness (QED) is 0.804. The van der Waals surface area contributed by atoms with Gasteiger partial charge in [-0.1, -0.05) is 27.7 Å². The van der Waals surface area contributed by atoms with Gasteiger partial charge in [0.25, 0.3) is 5.91 Å². The molecule has 0 spiro atoms. The predicted octanol–water partition coefficient (Wildman–Crippen LogP) is 3.73. The zero-order valence-electron chi connectivity index (χ0n) is 11.7. The van der Waals surface area contributed by atoms with Crippen molar-refractivity contribution in [3.05, 3.63) is 29.8 Å². The minimum Gasteiger partial charge on any atom is -0.338 e. The molecule has 18 heavy (non-hydrogen) atoms. The van der Waals surface area contributed by atoms with E-state index in [1.165, 1.54) is 0 Å². The van der Waals surface area contributed by atoms with Crippen molar-refractivity contribution in [2.24, 2.45) is 11.8 Å². The Balaban J connectivity index is 2.83. The van der Waals surface area contributed by atoms with Gasteiger partial charge in [-0.15, -0.1) is 12.6 Å². The SMILES string of the molecule is CC(C)CN(CC(C)C)C(=O)c1ccc(S)cc1. The normalized spacial score (nSPS) is 11.1. The van der Waals surface area contributed by atoms with Crippen molar-refractivity contribution in [2.75, 3.05) is 13.1 Å². The number of thiol groups is 1. The van der Waals surface area contributed by atoms with Crippen LogP contribution >= 0.6 is 12.6 Å². The fourth-order valence-corrected chi connectivity index (χ4v) is 2.06. The summed E-state index contributed by atoms with van der Waals surface area (Å²) in [6.07, 6.45) is 0. The molecular weight excluding hydrogens is 242 g/mol. The molecule has 0 saturated heterocycles. The van der Waals surface area contributed by atoms with Crippen LogP contribution in [0, 0.1) is 11.8 Å².